The van der Waals surface area contributed by atoms with Gasteiger partial charge in [-0.05, 0) is 41.8 Å². The monoisotopic (exact) mass is 409 g/mol. The van der Waals surface area contributed by atoms with Gasteiger partial charge >= 0.3 is 0 Å². The van der Waals surface area contributed by atoms with Crippen LogP contribution in [0.15, 0.2) is 35.5 Å². The van der Waals surface area contributed by atoms with Gasteiger partial charge in [-0.1, -0.05) is 36.9 Å². The molecule has 1 aliphatic rings. The second kappa shape index (κ2) is 8.08. The van der Waals surface area contributed by atoms with Crippen LogP contribution in [0.3, 0.4) is 0 Å². The molecule has 10 heteroatoms. The molecule has 0 saturated heterocycles. The number of Topliss-reactive ketones (excluding diaryl/α,β-unsaturated/α-hetero) is 1. The Kier molecular flexibility index (Phi) is 5.34. The molecule has 1 amide bonds. The van der Waals surface area contributed by atoms with Crippen molar-refractivity contribution in [2.45, 2.75) is 31.8 Å². The van der Waals surface area contributed by atoms with Crippen LogP contribution in [0.4, 0.5) is 5.95 Å². The zero-order valence-corrected chi connectivity index (χ0v) is 16.8. The molecular weight excluding hydrogens is 390 g/mol. The van der Waals surface area contributed by atoms with Crippen molar-refractivity contribution in [3.05, 3.63) is 47.3 Å². The molecule has 1 aliphatic carbocycles. The van der Waals surface area contributed by atoms with Gasteiger partial charge in [-0.25, -0.2) is 9.97 Å². The molecule has 0 bridgehead atoms. The molecule has 9 nitrogen and oxygen atoms in total. The summed E-state index contributed by atoms with van der Waals surface area (Å²) in [6.45, 7) is 3.79. The molecule has 0 saturated carbocycles. The number of nitrogens with one attached hydrogen (secondary N) is 1. The summed E-state index contributed by atoms with van der Waals surface area (Å²) < 4.78 is 1.57. The molecule has 0 unspecified atom stereocenters. The summed E-state index contributed by atoms with van der Waals surface area (Å²) in [4.78, 5) is 33.3. The highest BCUT2D eigenvalue weighted by Gasteiger charge is 2.27. The molecule has 4 rings (SSSR count). The molecule has 1 N–H and O–H groups in total. The van der Waals surface area contributed by atoms with Crippen LogP contribution >= 0.6 is 11.8 Å². The fourth-order valence-corrected chi connectivity index (χ4v) is 4.00. The normalized spacial score (nSPS) is 15.8. The quantitative estimate of drug-likeness (QED) is 0.638. The van der Waals surface area contributed by atoms with Crippen LogP contribution in [-0.4, -0.2) is 47.6 Å². The lowest BCUT2D eigenvalue weighted by Crippen LogP contribution is -2.24. The third-order valence-corrected chi connectivity index (χ3v) is 5.46. The number of hydrogen-bond donors (Lipinski definition) is 1. The van der Waals surface area contributed by atoms with Crippen molar-refractivity contribution in [3.8, 4) is 5.69 Å². The zero-order valence-electron chi connectivity index (χ0n) is 16.0. The molecule has 2 heterocycles. The van der Waals surface area contributed by atoms with Gasteiger partial charge in [0.15, 0.2) is 5.78 Å². The number of para-hydroxylation sites is 1. The SMILES string of the molecule is Cc1nc(NC(=O)CSc2nnnn2-c2ccccc2)nc2c1C(=O)C[C@@H](C)C2. The van der Waals surface area contributed by atoms with Gasteiger partial charge in [-0.15, -0.1) is 5.10 Å². The largest absolute Gasteiger partial charge is 0.294 e. The van der Waals surface area contributed by atoms with E-state index in [1.165, 1.54) is 11.8 Å². The average Bonchev–Trinajstić information content (AvgIpc) is 3.15. The molecule has 3 aromatic rings. The first-order valence-corrected chi connectivity index (χ1v) is 10.2. The van der Waals surface area contributed by atoms with Crippen molar-refractivity contribution in [1.29, 1.82) is 0 Å². The third kappa shape index (κ3) is 4.16. The summed E-state index contributed by atoms with van der Waals surface area (Å²) in [5.74, 6) is 0.350. The number of hydrogen-bond acceptors (Lipinski definition) is 8. The summed E-state index contributed by atoms with van der Waals surface area (Å²) in [7, 11) is 0. The number of benzene rings is 1. The number of amides is 1. The maximum absolute atomic E-state index is 12.4. The molecule has 148 valence electrons. The van der Waals surface area contributed by atoms with Crippen molar-refractivity contribution in [2.24, 2.45) is 5.92 Å². The predicted molar refractivity (Wildman–Crippen MR) is 107 cm³/mol. The molecule has 0 radical (unpaired) electrons. The van der Waals surface area contributed by atoms with Gasteiger partial charge in [-0.2, -0.15) is 4.68 Å². The highest BCUT2D eigenvalue weighted by atomic mass is 32.2. The minimum Gasteiger partial charge on any atom is -0.294 e. The van der Waals surface area contributed by atoms with Crippen LogP contribution in [0.1, 0.15) is 35.1 Å². The fourth-order valence-electron chi connectivity index (χ4n) is 3.31. The number of carbonyl (C=O) groups is 2. The van der Waals surface area contributed by atoms with E-state index in [1.54, 1.807) is 11.6 Å². The zero-order chi connectivity index (χ0) is 20.4. The predicted octanol–water partition coefficient (Wildman–Crippen LogP) is 2.26. The average molecular weight is 409 g/mol. The maximum Gasteiger partial charge on any atom is 0.237 e. The number of aromatic nitrogens is 6. The van der Waals surface area contributed by atoms with Gasteiger partial charge < -0.3 is 0 Å². The Bertz CT molecular complexity index is 1070. The Morgan fingerprint density at radius 2 is 2.03 bits per heavy atom. The van der Waals surface area contributed by atoms with Gasteiger partial charge in [0.25, 0.3) is 0 Å². The van der Waals surface area contributed by atoms with E-state index in [1.807, 2.05) is 37.3 Å². The standard InChI is InChI=1S/C19H19N7O2S/c1-11-8-14-17(15(27)9-11)12(2)20-18(21-14)22-16(28)10-29-19-23-24-25-26(19)13-6-4-3-5-7-13/h3-7,11H,8-10H2,1-2H3,(H,20,21,22,28)/t11-/m0/s1. The lowest BCUT2D eigenvalue weighted by atomic mass is 9.86. The molecule has 29 heavy (non-hydrogen) atoms. The first kappa shape index (κ1) is 19.2. The van der Waals surface area contributed by atoms with Crippen LogP contribution in [0.25, 0.3) is 5.69 Å². The lowest BCUT2D eigenvalue weighted by molar-refractivity contribution is -0.113. The van der Waals surface area contributed by atoms with Crippen molar-refractivity contribution in [2.75, 3.05) is 11.1 Å². The van der Waals surface area contributed by atoms with Crippen molar-refractivity contribution in [1.82, 2.24) is 30.2 Å². The smallest absolute Gasteiger partial charge is 0.237 e. The third-order valence-electron chi connectivity index (χ3n) is 4.54. The van der Waals surface area contributed by atoms with E-state index in [9.17, 15) is 9.59 Å². The highest BCUT2D eigenvalue weighted by Crippen LogP contribution is 2.26. The number of aryl methyl sites for hydroxylation is 1. The highest BCUT2D eigenvalue weighted by molar-refractivity contribution is 7.99. The van der Waals surface area contributed by atoms with Crippen LogP contribution in [-0.2, 0) is 11.2 Å². The van der Waals surface area contributed by atoms with E-state index >= 15 is 0 Å². The first-order chi connectivity index (χ1) is 14.0. The van der Waals surface area contributed by atoms with Crippen molar-refractivity contribution < 1.29 is 9.59 Å². The molecule has 2 aromatic heterocycles. The lowest BCUT2D eigenvalue weighted by Gasteiger charge is -2.21. The number of anilines is 1. The molecule has 0 aliphatic heterocycles. The Balaban J connectivity index is 1.44. The molecular formula is C19H19N7O2S. The number of ketones is 1. The summed E-state index contributed by atoms with van der Waals surface area (Å²) >= 11 is 1.21. The number of fused-ring (bicyclic) bond motifs is 1. The first-order valence-electron chi connectivity index (χ1n) is 9.18. The van der Waals surface area contributed by atoms with Crippen LogP contribution in [0.5, 0.6) is 0 Å². The summed E-state index contributed by atoms with van der Waals surface area (Å²) in [6, 6.07) is 9.45. The number of thioether (sulfide) groups is 1. The van der Waals surface area contributed by atoms with Crippen LogP contribution in [0, 0.1) is 12.8 Å². The summed E-state index contributed by atoms with van der Waals surface area (Å²) in [5.41, 5.74) is 2.71. The van der Waals surface area contributed by atoms with E-state index < -0.39 is 0 Å². The van der Waals surface area contributed by atoms with Gasteiger partial charge in [0.2, 0.25) is 17.0 Å². The van der Waals surface area contributed by atoms with E-state index in [2.05, 4.69) is 30.8 Å². The van der Waals surface area contributed by atoms with E-state index in [0.29, 0.717) is 34.9 Å². The second-order valence-corrected chi connectivity index (χ2v) is 7.88. The van der Waals surface area contributed by atoms with Gasteiger partial charge in [-0.3, -0.25) is 14.9 Å². The molecule has 1 aromatic carbocycles. The minimum atomic E-state index is -0.271. The number of nitrogens with zero attached hydrogens (tertiary/aromatic N) is 6. The number of rotatable bonds is 5. The van der Waals surface area contributed by atoms with E-state index in [0.717, 1.165) is 5.69 Å². The van der Waals surface area contributed by atoms with Gasteiger partial charge in [0.1, 0.15) is 0 Å². The Morgan fingerprint density at radius 3 is 2.83 bits per heavy atom. The molecule has 1 atom stereocenters. The fraction of sp³-hybridized carbons (Fsp3) is 0.316. The van der Waals surface area contributed by atoms with E-state index in [-0.39, 0.29) is 29.3 Å². The van der Waals surface area contributed by atoms with Gasteiger partial charge in [0.05, 0.1) is 28.4 Å². The Hall–Kier alpha value is -3.14. The Morgan fingerprint density at radius 1 is 1.24 bits per heavy atom. The molecule has 0 fully saturated rings. The minimum absolute atomic E-state index is 0.0671. The van der Waals surface area contributed by atoms with Crippen molar-refractivity contribution in [3.63, 3.8) is 0 Å². The summed E-state index contributed by atoms with van der Waals surface area (Å²) in [5, 5.41) is 14.9. The van der Waals surface area contributed by atoms with Gasteiger partial charge in [0, 0.05) is 6.42 Å². The van der Waals surface area contributed by atoms with Crippen LogP contribution in [0.2, 0.25) is 0 Å². The number of carbonyl (C=O) groups excluding carboxylic acids is 2. The second-order valence-electron chi connectivity index (χ2n) is 6.94. The van der Waals surface area contributed by atoms with Crippen LogP contribution < -0.4 is 5.32 Å². The molecule has 0 spiro atoms. The number of tetrazole rings is 1. The summed E-state index contributed by atoms with van der Waals surface area (Å²) in [6.07, 6.45) is 1.21. The Labute approximate surface area is 171 Å². The topological polar surface area (TPSA) is 116 Å². The maximum atomic E-state index is 12.4. The van der Waals surface area contributed by atoms with Crippen molar-refractivity contribution >= 4 is 29.4 Å². The van der Waals surface area contributed by atoms with E-state index in [4.69, 9.17) is 0 Å².